The number of aromatic nitrogens is 1. The van der Waals surface area contributed by atoms with Crippen molar-refractivity contribution in [3.05, 3.63) is 76.2 Å². The molecule has 0 unspecified atom stereocenters. The zero-order valence-corrected chi connectivity index (χ0v) is 14.8. The molecule has 0 saturated heterocycles. The summed E-state index contributed by atoms with van der Waals surface area (Å²) in [6.07, 6.45) is 2.32. The fraction of sp³-hybridized carbons (Fsp3) is 0.158. The highest BCUT2D eigenvalue weighted by molar-refractivity contribution is 6.33. The van der Waals surface area contributed by atoms with Crippen molar-refractivity contribution in [2.75, 3.05) is 0 Å². The van der Waals surface area contributed by atoms with Crippen LogP contribution in [0.1, 0.15) is 17.9 Å². The first-order valence-electron chi connectivity index (χ1n) is 7.83. The van der Waals surface area contributed by atoms with Crippen LogP contribution in [-0.4, -0.2) is 10.9 Å². The zero-order chi connectivity index (χ0) is 17.6. The molecule has 2 aromatic carbocycles. The van der Waals surface area contributed by atoms with Crippen LogP contribution >= 0.6 is 23.2 Å². The molecule has 128 valence electrons. The van der Waals surface area contributed by atoms with E-state index in [4.69, 9.17) is 27.6 Å². The van der Waals surface area contributed by atoms with E-state index >= 15 is 0 Å². The fourth-order valence-electron chi connectivity index (χ4n) is 2.36. The minimum Gasteiger partial charge on any atom is -0.441 e. The topological polar surface area (TPSA) is 55.1 Å². The highest BCUT2D eigenvalue weighted by atomic mass is 35.5. The van der Waals surface area contributed by atoms with E-state index in [0.29, 0.717) is 34.7 Å². The summed E-state index contributed by atoms with van der Waals surface area (Å²) < 4.78 is 5.69. The molecular weight excluding hydrogens is 359 g/mol. The molecule has 4 nitrogen and oxygen atoms in total. The third kappa shape index (κ3) is 4.62. The number of hydrogen-bond donors (Lipinski definition) is 1. The van der Waals surface area contributed by atoms with E-state index in [-0.39, 0.29) is 12.3 Å². The number of nitrogens with one attached hydrogen (secondary N) is 1. The Bertz CT molecular complexity index is 877. The average Bonchev–Trinajstić information content (AvgIpc) is 3.08. The Labute approximate surface area is 155 Å². The molecule has 0 aliphatic rings. The molecule has 1 amide bonds. The van der Waals surface area contributed by atoms with Gasteiger partial charge in [0.2, 0.25) is 5.91 Å². The van der Waals surface area contributed by atoms with Gasteiger partial charge in [-0.25, -0.2) is 4.98 Å². The SMILES string of the molecule is O=C(CCc1ncc(-c2ccccc2Cl)o1)NCc1ccccc1Cl. The second-order valence-corrected chi connectivity index (χ2v) is 6.28. The van der Waals surface area contributed by atoms with Gasteiger partial charge >= 0.3 is 0 Å². The minimum atomic E-state index is -0.0857. The van der Waals surface area contributed by atoms with Crippen LogP contribution in [0.4, 0.5) is 0 Å². The normalized spacial score (nSPS) is 10.6. The van der Waals surface area contributed by atoms with Crippen molar-refractivity contribution in [1.82, 2.24) is 10.3 Å². The van der Waals surface area contributed by atoms with Gasteiger partial charge in [0, 0.05) is 30.0 Å². The molecule has 0 aliphatic carbocycles. The molecule has 0 bridgehead atoms. The molecule has 1 heterocycles. The van der Waals surface area contributed by atoms with Gasteiger partial charge in [-0.1, -0.05) is 53.5 Å². The van der Waals surface area contributed by atoms with Gasteiger partial charge in [-0.2, -0.15) is 0 Å². The Morgan fingerprint density at radius 1 is 1.04 bits per heavy atom. The van der Waals surface area contributed by atoms with Crippen LogP contribution in [-0.2, 0) is 17.8 Å². The number of aryl methyl sites for hydroxylation is 1. The van der Waals surface area contributed by atoms with Crippen molar-refractivity contribution in [1.29, 1.82) is 0 Å². The fourth-order valence-corrected chi connectivity index (χ4v) is 2.79. The van der Waals surface area contributed by atoms with E-state index < -0.39 is 0 Å². The summed E-state index contributed by atoms with van der Waals surface area (Å²) in [7, 11) is 0. The molecule has 0 atom stereocenters. The predicted molar refractivity (Wildman–Crippen MR) is 98.6 cm³/mol. The van der Waals surface area contributed by atoms with Crippen LogP contribution in [0.25, 0.3) is 11.3 Å². The Kier molecular flexibility index (Phi) is 5.74. The van der Waals surface area contributed by atoms with Crippen molar-refractivity contribution in [3.8, 4) is 11.3 Å². The Morgan fingerprint density at radius 3 is 2.52 bits per heavy atom. The van der Waals surface area contributed by atoms with Gasteiger partial charge in [0.15, 0.2) is 11.7 Å². The summed E-state index contributed by atoms with van der Waals surface area (Å²) in [6.45, 7) is 0.398. The lowest BCUT2D eigenvalue weighted by atomic mass is 10.2. The number of hydrogen-bond acceptors (Lipinski definition) is 3. The van der Waals surface area contributed by atoms with Gasteiger partial charge in [-0.3, -0.25) is 4.79 Å². The van der Waals surface area contributed by atoms with Crippen molar-refractivity contribution in [3.63, 3.8) is 0 Å². The molecule has 1 aromatic heterocycles. The van der Waals surface area contributed by atoms with Crippen LogP contribution < -0.4 is 5.32 Å². The van der Waals surface area contributed by atoms with E-state index in [0.717, 1.165) is 11.1 Å². The van der Waals surface area contributed by atoms with Crippen LogP contribution in [0.15, 0.2) is 59.1 Å². The van der Waals surface area contributed by atoms with Crippen molar-refractivity contribution in [2.45, 2.75) is 19.4 Å². The van der Waals surface area contributed by atoms with Gasteiger partial charge in [0.25, 0.3) is 0 Å². The Morgan fingerprint density at radius 2 is 1.76 bits per heavy atom. The van der Waals surface area contributed by atoms with Crippen molar-refractivity contribution < 1.29 is 9.21 Å². The number of halogens is 2. The number of nitrogens with zero attached hydrogens (tertiary/aromatic N) is 1. The number of rotatable bonds is 6. The third-order valence-electron chi connectivity index (χ3n) is 3.69. The number of amides is 1. The maximum Gasteiger partial charge on any atom is 0.220 e. The molecule has 0 spiro atoms. The molecule has 3 rings (SSSR count). The van der Waals surface area contributed by atoms with Crippen molar-refractivity contribution in [2.24, 2.45) is 0 Å². The molecule has 0 fully saturated rings. The zero-order valence-electron chi connectivity index (χ0n) is 13.3. The smallest absolute Gasteiger partial charge is 0.220 e. The van der Waals surface area contributed by atoms with Gasteiger partial charge < -0.3 is 9.73 Å². The lowest BCUT2D eigenvalue weighted by molar-refractivity contribution is -0.121. The third-order valence-corrected chi connectivity index (χ3v) is 4.39. The summed E-state index contributed by atoms with van der Waals surface area (Å²) in [6, 6.07) is 14.8. The predicted octanol–water partition coefficient (Wildman–Crippen LogP) is 4.90. The highest BCUT2D eigenvalue weighted by Gasteiger charge is 2.11. The van der Waals surface area contributed by atoms with Gasteiger partial charge in [-0.15, -0.1) is 0 Å². The molecule has 0 aliphatic heterocycles. The largest absolute Gasteiger partial charge is 0.441 e. The lowest BCUT2D eigenvalue weighted by Gasteiger charge is -2.06. The van der Waals surface area contributed by atoms with E-state index in [1.807, 2.05) is 36.4 Å². The van der Waals surface area contributed by atoms with Gasteiger partial charge in [-0.05, 0) is 23.8 Å². The summed E-state index contributed by atoms with van der Waals surface area (Å²) in [5, 5.41) is 4.08. The standard InChI is InChI=1S/C19H16Cl2N2O2/c20-15-7-3-1-5-13(15)11-22-18(24)9-10-19-23-12-17(25-19)14-6-2-4-8-16(14)21/h1-8,12H,9-11H2,(H,22,24). The number of benzene rings is 2. The summed E-state index contributed by atoms with van der Waals surface area (Å²) >= 11 is 12.2. The molecule has 25 heavy (non-hydrogen) atoms. The summed E-state index contributed by atoms with van der Waals surface area (Å²) in [4.78, 5) is 16.2. The maximum absolute atomic E-state index is 12.0. The quantitative estimate of drug-likeness (QED) is 0.667. The second-order valence-electron chi connectivity index (χ2n) is 5.47. The number of carbonyl (C=O) groups excluding carboxylic acids is 1. The van der Waals surface area contributed by atoms with E-state index in [1.54, 1.807) is 18.3 Å². The van der Waals surface area contributed by atoms with Crippen LogP contribution in [0, 0.1) is 0 Å². The average molecular weight is 375 g/mol. The first kappa shape index (κ1) is 17.5. The van der Waals surface area contributed by atoms with Crippen LogP contribution in [0.5, 0.6) is 0 Å². The molecule has 6 heteroatoms. The molecule has 1 N–H and O–H groups in total. The molecular formula is C19H16Cl2N2O2. The van der Waals surface area contributed by atoms with Gasteiger partial charge in [0.1, 0.15) is 0 Å². The summed E-state index contributed by atoms with van der Waals surface area (Å²) in [5.74, 6) is 1.01. The van der Waals surface area contributed by atoms with E-state index in [9.17, 15) is 4.79 Å². The van der Waals surface area contributed by atoms with Gasteiger partial charge in [0.05, 0.1) is 11.2 Å². The van der Waals surface area contributed by atoms with Crippen LogP contribution in [0.3, 0.4) is 0 Å². The first-order valence-corrected chi connectivity index (χ1v) is 8.59. The second kappa shape index (κ2) is 8.19. The van der Waals surface area contributed by atoms with E-state index in [1.165, 1.54) is 0 Å². The van der Waals surface area contributed by atoms with Crippen molar-refractivity contribution >= 4 is 29.1 Å². The summed E-state index contributed by atoms with van der Waals surface area (Å²) in [5.41, 5.74) is 1.67. The van der Waals surface area contributed by atoms with Crippen LogP contribution in [0.2, 0.25) is 10.0 Å². The lowest BCUT2D eigenvalue weighted by Crippen LogP contribution is -2.23. The Hall–Kier alpha value is -2.30. The number of oxazole rings is 1. The number of carbonyl (C=O) groups is 1. The molecule has 0 radical (unpaired) electrons. The van der Waals surface area contributed by atoms with E-state index in [2.05, 4.69) is 10.3 Å². The Balaban J connectivity index is 1.53. The maximum atomic E-state index is 12.0. The monoisotopic (exact) mass is 374 g/mol. The molecule has 0 saturated carbocycles. The molecule has 3 aromatic rings. The highest BCUT2D eigenvalue weighted by Crippen LogP contribution is 2.28. The minimum absolute atomic E-state index is 0.0857. The first-order chi connectivity index (χ1) is 12.1.